The standard InChI is InChI=1S/C8H17N/c1-6-4-3-5-8(6)7(2)9/h6-8H,3-5,9H2,1-2H3/t6?,7-,8?/m0/s1. The second-order valence-corrected chi connectivity index (χ2v) is 3.43. The summed E-state index contributed by atoms with van der Waals surface area (Å²) in [5.41, 5.74) is 5.79. The van der Waals surface area contributed by atoms with E-state index >= 15 is 0 Å². The number of rotatable bonds is 1. The summed E-state index contributed by atoms with van der Waals surface area (Å²) >= 11 is 0. The molecule has 0 spiro atoms. The first kappa shape index (κ1) is 7.07. The smallest absolute Gasteiger partial charge is 0.00413 e. The summed E-state index contributed by atoms with van der Waals surface area (Å²) in [6.07, 6.45) is 4.15. The summed E-state index contributed by atoms with van der Waals surface area (Å²) in [7, 11) is 0. The molecule has 0 aromatic rings. The summed E-state index contributed by atoms with van der Waals surface area (Å²) in [4.78, 5) is 0. The van der Waals surface area contributed by atoms with Gasteiger partial charge in [-0.2, -0.15) is 0 Å². The van der Waals surface area contributed by atoms with Crippen LogP contribution in [0.3, 0.4) is 0 Å². The van der Waals surface area contributed by atoms with Crippen molar-refractivity contribution in [2.24, 2.45) is 17.6 Å². The van der Waals surface area contributed by atoms with E-state index in [-0.39, 0.29) is 0 Å². The maximum Gasteiger partial charge on any atom is 0.00413 e. The van der Waals surface area contributed by atoms with Gasteiger partial charge < -0.3 is 5.73 Å². The Morgan fingerprint density at radius 2 is 2.11 bits per heavy atom. The Hall–Kier alpha value is -0.0400. The van der Waals surface area contributed by atoms with Gasteiger partial charge in [-0.05, 0) is 25.2 Å². The van der Waals surface area contributed by atoms with E-state index in [9.17, 15) is 0 Å². The van der Waals surface area contributed by atoms with Gasteiger partial charge in [-0.15, -0.1) is 0 Å². The van der Waals surface area contributed by atoms with Crippen LogP contribution in [0.2, 0.25) is 0 Å². The van der Waals surface area contributed by atoms with E-state index in [0.29, 0.717) is 6.04 Å². The normalized spacial score (nSPS) is 39.0. The van der Waals surface area contributed by atoms with Gasteiger partial charge in [0.05, 0.1) is 0 Å². The lowest BCUT2D eigenvalue weighted by Gasteiger charge is -2.18. The van der Waals surface area contributed by atoms with E-state index in [1.165, 1.54) is 19.3 Å². The maximum absolute atomic E-state index is 5.79. The molecule has 3 atom stereocenters. The van der Waals surface area contributed by atoms with Gasteiger partial charge in [0.25, 0.3) is 0 Å². The SMILES string of the molecule is CC1CCCC1[C@H](C)N. The molecular formula is C8H17N. The van der Waals surface area contributed by atoms with Gasteiger partial charge in [-0.3, -0.25) is 0 Å². The highest BCUT2D eigenvalue weighted by molar-refractivity contribution is 4.79. The molecule has 54 valence electrons. The number of hydrogen-bond donors (Lipinski definition) is 1. The lowest BCUT2D eigenvalue weighted by atomic mass is 9.92. The molecular weight excluding hydrogens is 110 g/mol. The van der Waals surface area contributed by atoms with Gasteiger partial charge in [0.2, 0.25) is 0 Å². The highest BCUT2D eigenvalue weighted by Crippen LogP contribution is 2.32. The molecule has 0 heterocycles. The molecule has 0 aromatic carbocycles. The van der Waals surface area contributed by atoms with Crippen LogP contribution in [0.5, 0.6) is 0 Å². The molecule has 2 unspecified atom stereocenters. The topological polar surface area (TPSA) is 26.0 Å². The molecule has 1 nitrogen and oxygen atoms in total. The Morgan fingerprint density at radius 1 is 1.44 bits per heavy atom. The van der Waals surface area contributed by atoms with Crippen LogP contribution in [0.15, 0.2) is 0 Å². The molecule has 1 rings (SSSR count). The summed E-state index contributed by atoms with van der Waals surface area (Å²) in [6.45, 7) is 4.45. The Labute approximate surface area is 57.6 Å². The first-order valence-corrected chi connectivity index (χ1v) is 3.97. The van der Waals surface area contributed by atoms with Gasteiger partial charge in [0, 0.05) is 6.04 Å². The van der Waals surface area contributed by atoms with Crippen molar-refractivity contribution in [3.8, 4) is 0 Å². The van der Waals surface area contributed by atoms with Crippen molar-refractivity contribution in [3.05, 3.63) is 0 Å². The predicted octanol–water partition coefficient (Wildman–Crippen LogP) is 1.77. The molecule has 0 aromatic heterocycles. The van der Waals surface area contributed by atoms with E-state index in [0.717, 1.165) is 11.8 Å². The fourth-order valence-corrected chi connectivity index (χ4v) is 1.96. The van der Waals surface area contributed by atoms with Crippen molar-refractivity contribution in [1.82, 2.24) is 0 Å². The molecule has 1 heteroatoms. The van der Waals surface area contributed by atoms with Crippen LogP contribution in [0.1, 0.15) is 33.1 Å². The fourth-order valence-electron chi connectivity index (χ4n) is 1.96. The van der Waals surface area contributed by atoms with Crippen LogP contribution >= 0.6 is 0 Å². The second kappa shape index (κ2) is 2.70. The third kappa shape index (κ3) is 1.45. The van der Waals surface area contributed by atoms with Crippen LogP contribution in [0.4, 0.5) is 0 Å². The van der Waals surface area contributed by atoms with Gasteiger partial charge >= 0.3 is 0 Å². The summed E-state index contributed by atoms with van der Waals surface area (Å²) in [5, 5.41) is 0. The molecule has 0 amide bonds. The quantitative estimate of drug-likeness (QED) is 0.570. The van der Waals surface area contributed by atoms with Crippen molar-refractivity contribution in [2.75, 3.05) is 0 Å². The van der Waals surface area contributed by atoms with Crippen molar-refractivity contribution >= 4 is 0 Å². The first-order valence-electron chi connectivity index (χ1n) is 3.97. The van der Waals surface area contributed by atoms with Crippen LogP contribution in [-0.2, 0) is 0 Å². The molecule has 1 aliphatic carbocycles. The zero-order chi connectivity index (χ0) is 6.85. The van der Waals surface area contributed by atoms with E-state index in [4.69, 9.17) is 5.73 Å². The predicted molar refractivity (Wildman–Crippen MR) is 40.2 cm³/mol. The van der Waals surface area contributed by atoms with Gasteiger partial charge in [0.1, 0.15) is 0 Å². The Balaban J connectivity index is 2.40. The lowest BCUT2D eigenvalue weighted by molar-refractivity contribution is 0.361. The largest absolute Gasteiger partial charge is 0.328 e. The Kier molecular flexibility index (Phi) is 2.12. The fraction of sp³-hybridized carbons (Fsp3) is 1.00. The minimum absolute atomic E-state index is 0.419. The van der Waals surface area contributed by atoms with Crippen molar-refractivity contribution < 1.29 is 0 Å². The average Bonchev–Trinajstić information content (AvgIpc) is 2.13. The molecule has 9 heavy (non-hydrogen) atoms. The van der Waals surface area contributed by atoms with Gasteiger partial charge in [0.15, 0.2) is 0 Å². The van der Waals surface area contributed by atoms with Crippen molar-refractivity contribution in [2.45, 2.75) is 39.2 Å². The molecule has 0 aliphatic heterocycles. The van der Waals surface area contributed by atoms with E-state index < -0.39 is 0 Å². The molecule has 1 fully saturated rings. The van der Waals surface area contributed by atoms with Gasteiger partial charge in [-0.25, -0.2) is 0 Å². The highest BCUT2D eigenvalue weighted by atomic mass is 14.6. The van der Waals surface area contributed by atoms with Crippen molar-refractivity contribution in [1.29, 1.82) is 0 Å². The molecule has 0 radical (unpaired) electrons. The van der Waals surface area contributed by atoms with Crippen LogP contribution in [0.25, 0.3) is 0 Å². The summed E-state index contributed by atoms with van der Waals surface area (Å²) in [5.74, 6) is 1.69. The molecule has 1 saturated carbocycles. The van der Waals surface area contributed by atoms with Crippen LogP contribution in [-0.4, -0.2) is 6.04 Å². The monoisotopic (exact) mass is 127 g/mol. The minimum atomic E-state index is 0.419. The van der Waals surface area contributed by atoms with Crippen LogP contribution in [0, 0.1) is 11.8 Å². The third-order valence-electron chi connectivity index (χ3n) is 2.60. The highest BCUT2D eigenvalue weighted by Gasteiger charge is 2.25. The second-order valence-electron chi connectivity index (χ2n) is 3.43. The molecule has 2 N–H and O–H groups in total. The maximum atomic E-state index is 5.79. The van der Waals surface area contributed by atoms with Crippen LogP contribution < -0.4 is 5.73 Å². The number of hydrogen-bond acceptors (Lipinski definition) is 1. The van der Waals surface area contributed by atoms with Crippen molar-refractivity contribution in [3.63, 3.8) is 0 Å². The average molecular weight is 127 g/mol. The van der Waals surface area contributed by atoms with E-state index in [2.05, 4.69) is 13.8 Å². The minimum Gasteiger partial charge on any atom is -0.328 e. The first-order chi connectivity index (χ1) is 4.22. The zero-order valence-electron chi connectivity index (χ0n) is 6.43. The van der Waals surface area contributed by atoms with Gasteiger partial charge in [-0.1, -0.05) is 19.8 Å². The molecule has 1 aliphatic rings. The Morgan fingerprint density at radius 3 is 2.33 bits per heavy atom. The molecule has 0 saturated heterocycles. The number of nitrogens with two attached hydrogens (primary N) is 1. The Bertz CT molecular complexity index is 88.6. The lowest BCUT2D eigenvalue weighted by Crippen LogP contribution is -2.27. The van der Waals surface area contributed by atoms with E-state index in [1.807, 2.05) is 0 Å². The summed E-state index contributed by atoms with van der Waals surface area (Å²) in [6, 6.07) is 0.419. The third-order valence-corrected chi connectivity index (χ3v) is 2.60. The van der Waals surface area contributed by atoms with E-state index in [1.54, 1.807) is 0 Å². The summed E-state index contributed by atoms with van der Waals surface area (Å²) < 4.78 is 0. The zero-order valence-corrected chi connectivity index (χ0v) is 6.43. The molecule has 0 bridgehead atoms.